The van der Waals surface area contributed by atoms with Gasteiger partial charge in [-0.3, -0.25) is 0 Å². The molecule has 0 spiro atoms. The molecule has 0 amide bonds. The number of nitrogens with zero attached hydrogens (tertiary/aromatic N) is 2. The molecule has 1 heterocycles. The van der Waals surface area contributed by atoms with Crippen molar-refractivity contribution in [3.05, 3.63) is 9.74 Å². The van der Waals surface area contributed by atoms with E-state index in [1.165, 1.54) is 11.5 Å². The zero-order valence-corrected chi connectivity index (χ0v) is 8.78. The van der Waals surface area contributed by atoms with E-state index in [2.05, 4.69) is 25.3 Å². The lowest BCUT2D eigenvalue weighted by molar-refractivity contribution is 0.0655. The fourth-order valence-electron chi connectivity index (χ4n) is 0.531. The molecular weight excluding hydrogens is 228 g/mol. The summed E-state index contributed by atoms with van der Waals surface area (Å²) in [6, 6.07) is 0. The Bertz CT molecular complexity index is 226. The summed E-state index contributed by atoms with van der Waals surface area (Å²) >= 11 is 4.53. The summed E-state index contributed by atoms with van der Waals surface area (Å²) in [5.74, 6) is 0. The van der Waals surface area contributed by atoms with E-state index in [-0.39, 0.29) is 6.10 Å². The zero-order chi connectivity index (χ0) is 8.27. The Kier molecular flexibility index (Phi) is 3.42. The van der Waals surface area contributed by atoms with Crippen molar-refractivity contribution in [2.45, 2.75) is 26.6 Å². The van der Waals surface area contributed by atoms with Crippen molar-refractivity contribution < 1.29 is 4.74 Å². The first-order chi connectivity index (χ1) is 5.18. The highest BCUT2D eigenvalue weighted by molar-refractivity contribution is 9.10. The van der Waals surface area contributed by atoms with Crippen LogP contribution in [0, 0.1) is 0 Å². The van der Waals surface area contributed by atoms with Crippen LogP contribution in [0.3, 0.4) is 0 Å². The maximum absolute atomic E-state index is 5.33. The summed E-state index contributed by atoms with van der Waals surface area (Å²) in [7, 11) is 0. The monoisotopic (exact) mass is 236 g/mol. The minimum Gasteiger partial charge on any atom is -0.372 e. The van der Waals surface area contributed by atoms with Crippen molar-refractivity contribution >= 4 is 27.5 Å². The van der Waals surface area contributed by atoms with Gasteiger partial charge in [0.25, 0.3) is 0 Å². The molecule has 0 atom stereocenters. The lowest BCUT2D eigenvalue weighted by Crippen LogP contribution is -2.01. The molecule has 5 heteroatoms. The Morgan fingerprint density at radius 3 is 2.82 bits per heavy atom. The minimum absolute atomic E-state index is 0.248. The van der Waals surface area contributed by atoms with Crippen LogP contribution in [0.25, 0.3) is 0 Å². The van der Waals surface area contributed by atoms with Crippen LogP contribution in [0.5, 0.6) is 0 Å². The smallest absolute Gasteiger partial charge is 0.209 e. The SMILES string of the molecule is CC(C)OCc1nc(Br)ns1. The molecule has 0 aliphatic carbocycles. The van der Waals surface area contributed by atoms with Gasteiger partial charge in [-0.2, -0.15) is 4.37 Å². The summed E-state index contributed by atoms with van der Waals surface area (Å²) in [5, 5.41) is 0.908. The van der Waals surface area contributed by atoms with Gasteiger partial charge in [0.15, 0.2) is 0 Å². The quantitative estimate of drug-likeness (QED) is 0.808. The Labute approximate surface area is 78.1 Å². The van der Waals surface area contributed by atoms with E-state index >= 15 is 0 Å². The third-order valence-electron chi connectivity index (χ3n) is 0.983. The first-order valence-corrected chi connectivity index (χ1v) is 4.85. The molecule has 1 rings (SSSR count). The second kappa shape index (κ2) is 4.13. The van der Waals surface area contributed by atoms with E-state index < -0.39 is 0 Å². The predicted molar refractivity (Wildman–Crippen MR) is 47.5 cm³/mol. The Hall–Kier alpha value is -0.0000000000000000278. The lowest BCUT2D eigenvalue weighted by Gasteiger charge is -2.02. The molecule has 0 saturated heterocycles. The Balaban J connectivity index is 2.39. The summed E-state index contributed by atoms with van der Waals surface area (Å²) < 4.78 is 9.93. The second-order valence-corrected chi connectivity index (χ2v) is 3.86. The zero-order valence-electron chi connectivity index (χ0n) is 6.37. The average Bonchev–Trinajstić information content (AvgIpc) is 2.31. The van der Waals surface area contributed by atoms with Crippen molar-refractivity contribution in [1.82, 2.24) is 9.36 Å². The van der Waals surface area contributed by atoms with Gasteiger partial charge in [-0.1, -0.05) is 0 Å². The van der Waals surface area contributed by atoms with Gasteiger partial charge in [-0.25, -0.2) is 4.98 Å². The van der Waals surface area contributed by atoms with Crippen molar-refractivity contribution in [3.63, 3.8) is 0 Å². The van der Waals surface area contributed by atoms with Crippen LogP contribution in [0.2, 0.25) is 0 Å². The highest BCUT2D eigenvalue weighted by Gasteiger charge is 2.01. The van der Waals surface area contributed by atoms with Gasteiger partial charge in [-0.05, 0) is 41.3 Å². The maximum atomic E-state index is 5.33. The van der Waals surface area contributed by atoms with Gasteiger partial charge in [0.05, 0.1) is 6.10 Å². The molecule has 1 aromatic rings. The molecule has 62 valence electrons. The van der Waals surface area contributed by atoms with Crippen molar-refractivity contribution in [1.29, 1.82) is 0 Å². The largest absolute Gasteiger partial charge is 0.372 e. The molecular formula is C6H9BrN2OS. The Morgan fingerprint density at radius 1 is 1.64 bits per heavy atom. The highest BCUT2D eigenvalue weighted by atomic mass is 79.9. The molecule has 0 aliphatic heterocycles. The van der Waals surface area contributed by atoms with E-state index in [1.54, 1.807) is 0 Å². The summed E-state index contributed by atoms with van der Waals surface area (Å²) in [6.45, 7) is 4.55. The maximum Gasteiger partial charge on any atom is 0.209 e. The molecule has 0 radical (unpaired) electrons. The van der Waals surface area contributed by atoms with Gasteiger partial charge < -0.3 is 4.74 Å². The predicted octanol–water partition coefficient (Wildman–Crippen LogP) is 2.23. The van der Waals surface area contributed by atoms with E-state index in [1.807, 2.05) is 13.8 Å². The van der Waals surface area contributed by atoms with Crippen LogP contribution >= 0.6 is 27.5 Å². The second-order valence-electron chi connectivity index (χ2n) is 2.32. The fourth-order valence-corrected chi connectivity index (χ4v) is 1.55. The van der Waals surface area contributed by atoms with Gasteiger partial charge in [0.1, 0.15) is 11.6 Å². The molecule has 0 unspecified atom stereocenters. The molecule has 0 aliphatic rings. The van der Waals surface area contributed by atoms with Crippen LogP contribution in [0.4, 0.5) is 0 Å². The topological polar surface area (TPSA) is 35.0 Å². The molecule has 1 aromatic heterocycles. The van der Waals surface area contributed by atoms with Crippen LogP contribution in [0.1, 0.15) is 18.9 Å². The first-order valence-electron chi connectivity index (χ1n) is 3.28. The third-order valence-corrected chi connectivity index (χ3v) is 2.26. The van der Waals surface area contributed by atoms with Gasteiger partial charge in [0.2, 0.25) is 4.73 Å². The number of aromatic nitrogens is 2. The van der Waals surface area contributed by atoms with E-state index in [0.29, 0.717) is 11.3 Å². The fraction of sp³-hybridized carbons (Fsp3) is 0.667. The highest BCUT2D eigenvalue weighted by Crippen LogP contribution is 2.11. The average molecular weight is 237 g/mol. The van der Waals surface area contributed by atoms with Crippen LogP contribution in [-0.4, -0.2) is 15.5 Å². The van der Waals surface area contributed by atoms with Crippen molar-refractivity contribution in [3.8, 4) is 0 Å². The number of ether oxygens (including phenoxy) is 1. The van der Waals surface area contributed by atoms with Crippen molar-refractivity contribution in [2.24, 2.45) is 0 Å². The molecule has 0 saturated carbocycles. The summed E-state index contributed by atoms with van der Waals surface area (Å²) in [6.07, 6.45) is 0.248. The van der Waals surface area contributed by atoms with Crippen LogP contribution < -0.4 is 0 Å². The standard InChI is InChI=1S/C6H9BrN2OS/c1-4(2)10-3-5-8-6(7)9-11-5/h4H,3H2,1-2H3. The molecule has 3 nitrogen and oxygen atoms in total. The van der Waals surface area contributed by atoms with Gasteiger partial charge in [0, 0.05) is 0 Å². The molecule has 0 bridgehead atoms. The normalized spacial score (nSPS) is 10.9. The first kappa shape index (κ1) is 9.09. The number of rotatable bonds is 3. The summed E-state index contributed by atoms with van der Waals surface area (Å²) in [4.78, 5) is 4.08. The van der Waals surface area contributed by atoms with E-state index in [4.69, 9.17) is 4.74 Å². The van der Waals surface area contributed by atoms with E-state index in [0.717, 1.165) is 5.01 Å². The minimum atomic E-state index is 0.248. The van der Waals surface area contributed by atoms with Crippen molar-refractivity contribution in [2.75, 3.05) is 0 Å². The lowest BCUT2D eigenvalue weighted by atomic mass is 10.5. The number of hydrogen-bond acceptors (Lipinski definition) is 4. The third kappa shape index (κ3) is 3.27. The van der Waals surface area contributed by atoms with Gasteiger partial charge >= 0.3 is 0 Å². The van der Waals surface area contributed by atoms with E-state index in [9.17, 15) is 0 Å². The number of hydrogen-bond donors (Lipinski definition) is 0. The van der Waals surface area contributed by atoms with Gasteiger partial charge in [-0.15, -0.1) is 0 Å². The van der Waals surface area contributed by atoms with Crippen LogP contribution in [0.15, 0.2) is 4.73 Å². The van der Waals surface area contributed by atoms with Crippen LogP contribution in [-0.2, 0) is 11.3 Å². The molecule has 0 aromatic carbocycles. The summed E-state index contributed by atoms with van der Waals surface area (Å²) in [5.41, 5.74) is 0. The molecule has 0 fully saturated rings. The molecule has 11 heavy (non-hydrogen) atoms. The molecule has 0 N–H and O–H groups in total. The Morgan fingerprint density at radius 2 is 2.36 bits per heavy atom. The number of halogens is 1.